The van der Waals surface area contributed by atoms with Gasteiger partial charge in [-0.15, -0.1) is 0 Å². The van der Waals surface area contributed by atoms with Crippen LogP contribution in [0.2, 0.25) is 0 Å². The van der Waals surface area contributed by atoms with Crippen molar-refractivity contribution in [1.29, 1.82) is 0 Å². The molecule has 0 saturated carbocycles. The molecule has 0 spiro atoms. The summed E-state index contributed by atoms with van der Waals surface area (Å²) in [5, 5.41) is 19.8. The van der Waals surface area contributed by atoms with E-state index in [4.69, 9.17) is 0 Å². The van der Waals surface area contributed by atoms with Crippen LogP contribution in [0.5, 0.6) is 0 Å². The second kappa shape index (κ2) is 5.84. The van der Waals surface area contributed by atoms with Crippen LogP contribution in [-0.4, -0.2) is 35.8 Å². The topological polar surface area (TPSA) is 20.2 Å². The lowest BCUT2D eigenvalue weighted by Gasteiger charge is -2.40. The Balaban J connectivity index is 1.90. The zero-order valence-corrected chi connectivity index (χ0v) is 14.4. The predicted molar refractivity (Wildman–Crippen MR) is 90.9 cm³/mol. The molecule has 0 bridgehead atoms. The summed E-state index contributed by atoms with van der Waals surface area (Å²) in [6, 6.07) is 4.59. The lowest BCUT2D eigenvalue weighted by atomic mass is 9.83. The zero-order chi connectivity index (χ0) is 14.9. The summed E-state index contributed by atoms with van der Waals surface area (Å²) >= 11 is 3.32. The zero-order valence-electron chi connectivity index (χ0n) is 12.8. The molecule has 2 aromatic heterocycles. The summed E-state index contributed by atoms with van der Waals surface area (Å²) < 4.78 is 1.09. The van der Waals surface area contributed by atoms with Crippen LogP contribution >= 0.6 is 22.7 Å². The van der Waals surface area contributed by atoms with Crippen LogP contribution in [-0.2, 0) is 5.60 Å². The fourth-order valence-electron chi connectivity index (χ4n) is 3.55. The Morgan fingerprint density at radius 2 is 1.67 bits per heavy atom. The molecule has 1 fully saturated rings. The monoisotopic (exact) mass is 322 g/mol. The molecule has 114 valence electrons. The average molecular weight is 323 g/mol. The number of thiophene rings is 2. The van der Waals surface area contributed by atoms with E-state index in [0.717, 1.165) is 22.0 Å². The van der Waals surface area contributed by atoms with Gasteiger partial charge in [0.15, 0.2) is 0 Å². The molecular formula is C17H24NOS2+. The van der Waals surface area contributed by atoms with Crippen molar-refractivity contribution < 1.29 is 9.59 Å². The number of nitrogens with zero attached hydrogens (tertiary/aromatic N) is 1. The summed E-state index contributed by atoms with van der Waals surface area (Å²) in [7, 11) is 2.35. The van der Waals surface area contributed by atoms with Crippen molar-refractivity contribution in [2.24, 2.45) is 0 Å². The van der Waals surface area contributed by atoms with Crippen LogP contribution in [0.15, 0.2) is 33.7 Å². The summed E-state index contributed by atoms with van der Waals surface area (Å²) in [4.78, 5) is 0. The molecule has 3 heterocycles. The van der Waals surface area contributed by atoms with Crippen LogP contribution in [0.3, 0.4) is 0 Å². The Labute approximate surface area is 135 Å². The van der Waals surface area contributed by atoms with Crippen LogP contribution in [0, 0.1) is 0 Å². The van der Waals surface area contributed by atoms with Crippen LogP contribution in [0.1, 0.15) is 37.3 Å². The van der Waals surface area contributed by atoms with Gasteiger partial charge in [0.25, 0.3) is 0 Å². The van der Waals surface area contributed by atoms with Crippen LogP contribution < -0.4 is 0 Å². The molecule has 0 aliphatic carbocycles. The van der Waals surface area contributed by atoms with E-state index in [0.29, 0.717) is 6.04 Å². The van der Waals surface area contributed by atoms with Crippen LogP contribution in [0.25, 0.3) is 0 Å². The smallest absolute Gasteiger partial charge is 0.122 e. The Hall–Kier alpha value is -0.680. The molecule has 1 aliphatic rings. The minimum absolute atomic E-state index is 0.456. The van der Waals surface area contributed by atoms with Gasteiger partial charge >= 0.3 is 0 Å². The van der Waals surface area contributed by atoms with Crippen molar-refractivity contribution in [1.82, 2.24) is 0 Å². The van der Waals surface area contributed by atoms with E-state index < -0.39 is 5.60 Å². The summed E-state index contributed by atoms with van der Waals surface area (Å²) in [6.45, 7) is 4.78. The first-order chi connectivity index (χ1) is 10.0. The average Bonchev–Trinajstić information content (AvgIpc) is 3.21. The maximum absolute atomic E-state index is 11.5. The quantitative estimate of drug-likeness (QED) is 0.823. The van der Waals surface area contributed by atoms with E-state index in [9.17, 15) is 5.11 Å². The van der Waals surface area contributed by atoms with E-state index in [1.807, 2.05) is 0 Å². The van der Waals surface area contributed by atoms with Crippen molar-refractivity contribution in [3.8, 4) is 0 Å². The molecule has 1 atom stereocenters. The number of likely N-dealkylation sites (tertiary alicyclic amines) is 1. The maximum Gasteiger partial charge on any atom is 0.122 e. The molecule has 4 heteroatoms. The molecule has 0 radical (unpaired) electrons. The second-order valence-electron chi connectivity index (χ2n) is 6.57. The SMILES string of the molecule is CC(CC(O)(c1ccsc1)c1ccsc1)[N+]1(C)CCCC1. The molecule has 21 heavy (non-hydrogen) atoms. The Morgan fingerprint density at radius 1 is 1.14 bits per heavy atom. The summed E-state index contributed by atoms with van der Waals surface area (Å²) in [6.07, 6.45) is 3.42. The number of hydrogen-bond acceptors (Lipinski definition) is 3. The lowest BCUT2D eigenvalue weighted by molar-refractivity contribution is -0.921. The third-order valence-corrected chi connectivity index (χ3v) is 6.61. The highest BCUT2D eigenvalue weighted by molar-refractivity contribution is 7.08. The van der Waals surface area contributed by atoms with Gasteiger partial charge in [-0.3, -0.25) is 0 Å². The van der Waals surface area contributed by atoms with Gasteiger partial charge in [-0.05, 0) is 51.7 Å². The van der Waals surface area contributed by atoms with Gasteiger partial charge in [0.1, 0.15) is 5.60 Å². The number of quaternary nitrogens is 1. The third kappa shape index (κ3) is 2.82. The predicted octanol–water partition coefficient (Wildman–Crippen LogP) is 4.06. The Bertz CT molecular complexity index is 521. The Kier molecular flexibility index (Phi) is 4.23. The Morgan fingerprint density at radius 3 is 2.10 bits per heavy atom. The molecule has 0 aromatic carbocycles. The molecule has 0 amide bonds. The van der Waals surface area contributed by atoms with Crippen molar-refractivity contribution in [2.75, 3.05) is 20.1 Å². The van der Waals surface area contributed by atoms with E-state index in [1.54, 1.807) is 22.7 Å². The fraction of sp³-hybridized carbons (Fsp3) is 0.529. The highest BCUT2D eigenvalue weighted by Gasteiger charge is 2.41. The fourth-order valence-corrected chi connectivity index (χ4v) is 5.00. The lowest BCUT2D eigenvalue weighted by Crippen LogP contribution is -2.51. The van der Waals surface area contributed by atoms with Gasteiger partial charge in [-0.1, -0.05) is 0 Å². The maximum atomic E-state index is 11.5. The summed E-state index contributed by atoms with van der Waals surface area (Å²) in [5.41, 5.74) is 1.25. The van der Waals surface area contributed by atoms with Crippen molar-refractivity contribution in [3.63, 3.8) is 0 Å². The van der Waals surface area contributed by atoms with Crippen LogP contribution in [0.4, 0.5) is 0 Å². The minimum atomic E-state index is -0.844. The summed E-state index contributed by atoms with van der Waals surface area (Å²) in [5.74, 6) is 0. The highest BCUT2D eigenvalue weighted by atomic mass is 32.1. The largest absolute Gasteiger partial charge is 0.380 e. The molecular weight excluding hydrogens is 298 g/mol. The first-order valence-corrected chi connectivity index (χ1v) is 9.55. The highest BCUT2D eigenvalue weighted by Crippen LogP contribution is 2.39. The van der Waals surface area contributed by atoms with Gasteiger partial charge in [-0.2, -0.15) is 22.7 Å². The normalized spacial score (nSPS) is 19.8. The van der Waals surface area contributed by atoms with Gasteiger partial charge < -0.3 is 9.59 Å². The standard InChI is InChI=1S/C17H24NOS2/c1-14(18(2)7-3-4-8-18)11-17(19,15-5-9-20-12-15)16-6-10-21-13-16/h5-6,9-10,12-14,19H,3-4,7-8,11H2,1-2H3/q+1. The van der Waals surface area contributed by atoms with Gasteiger partial charge in [0.2, 0.25) is 0 Å². The molecule has 2 aromatic rings. The number of aliphatic hydroxyl groups is 1. The van der Waals surface area contributed by atoms with Gasteiger partial charge in [0, 0.05) is 19.3 Å². The molecule has 1 N–H and O–H groups in total. The first-order valence-electron chi connectivity index (χ1n) is 7.66. The van der Waals surface area contributed by atoms with E-state index in [-0.39, 0.29) is 0 Å². The van der Waals surface area contributed by atoms with Gasteiger partial charge in [0.05, 0.1) is 26.2 Å². The van der Waals surface area contributed by atoms with E-state index in [1.165, 1.54) is 25.9 Å². The second-order valence-corrected chi connectivity index (χ2v) is 8.13. The number of hydrogen-bond donors (Lipinski definition) is 1. The third-order valence-electron chi connectivity index (χ3n) is 5.24. The molecule has 3 rings (SSSR count). The molecule has 1 unspecified atom stereocenters. The van der Waals surface area contributed by atoms with E-state index in [2.05, 4.69) is 47.6 Å². The minimum Gasteiger partial charge on any atom is -0.380 e. The number of rotatable bonds is 5. The molecule has 1 saturated heterocycles. The van der Waals surface area contributed by atoms with Crippen molar-refractivity contribution in [3.05, 3.63) is 44.8 Å². The van der Waals surface area contributed by atoms with Crippen molar-refractivity contribution >= 4 is 22.7 Å². The first kappa shape index (κ1) is 15.2. The van der Waals surface area contributed by atoms with E-state index >= 15 is 0 Å². The molecule has 2 nitrogen and oxygen atoms in total. The van der Waals surface area contributed by atoms with Gasteiger partial charge in [-0.25, -0.2) is 0 Å². The molecule has 1 aliphatic heterocycles. The van der Waals surface area contributed by atoms with Crippen molar-refractivity contribution in [2.45, 2.75) is 37.8 Å².